The minimum absolute atomic E-state index is 0.316. The van der Waals surface area contributed by atoms with Gasteiger partial charge in [-0.25, -0.2) is 0 Å². The van der Waals surface area contributed by atoms with Crippen molar-refractivity contribution < 1.29 is 9.84 Å². The van der Waals surface area contributed by atoms with Gasteiger partial charge in [-0.05, 0) is 64.6 Å². The standard InChI is InChI=1S/C16H33NO2.C2H6/c1-17-11-9-16(10-12-17)8-4-2-6-14-19-15-7-3-5-13-18;1-2/h16,18H,2-15H2,1H3;1-2H3. The maximum absolute atomic E-state index is 8.64. The van der Waals surface area contributed by atoms with Crippen LogP contribution in [0.25, 0.3) is 0 Å². The summed E-state index contributed by atoms with van der Waals surface area (Å²) in [6, 6.07) is 0. The summed E-state index contributed by atoms with van der Waals surface area (Å²) in [5, 5.41) is 8.64. The van der Waals surface area contributed by atoms with E-state index in [1.54, 1.807) is 0 Å². The highest BCUT2D eigenvalue weighted by Crippen LogP contribution is 2.21. The summed E-state index contributed by atoms with van der Waals surface area (Å²) in [5.41, 5.74) is 0. The number of hydrogen-bond donors (Lipinski definition) is 1. The molecule has 1 aliphatic rings. The highest BCUT2D eigenvalue weighted by atomic mass is 16.5. The molecule has 0 aromatic carbocycles. The fraction of sp³-hybridized carbons (Fsp3) is 1.00. The predicted molar refractivity (Wildman–Crippen MR) is 91.8 cm³/mol. The van der Waals surface area contributed by atoms with Crippen LogP contribution in [0.15, 0.2) is 0 Å². The van der Waals surface area contributed by atoms with Gasteiger partial charge in [0.1, 0.15) is 0 Å². The van der Waals surface area contributed by atoms with Gasteiger partial charge < -0.3 is 14.7 Å². The van der Waals surface area contributed by atoms with E-state index in [-0.39, 0.29) is 0 Å². The van der Waals surface area contributed by atoms with Crippen LogP contribution < -0.4 is 0 Å². The summed E-state index contributed by atoms with van der Waals surface area (Å²) in [4.78, 5) is 2.45. The van der Waals surface area contributed by atoms with Crippen molar-refractivity contribution in [3.05, 3.63) is 0 Å². The third-order valence-electron chi connectivity index (χ3n) is 4.19. The molecule has 1 fully saturated rings. The quantitative estimate of drug-likeness (QED) is 0.583. The summed E-state index contributed by atoms with van der Waals surface area (Å²) >= 11 is 0. The summed E-state index contributed by atoms with van der Waals surface area (Å²) in [6.45, 7) is 8.70. The van der Waals surface area contributed by atoms with E-state index in [0.717, 1.165) is 38.4 Å². The Morgan fingerprint density at radius 1 is 0.905 bits per heavy atom. The molecule has 0 saturated carbocycles. The first-order valence-corrected chi connectivity index (χ1v) is 9.20. The minimum Gasteiger partial charge on any atom is -0.396 e. The molecule has 0 aliphatic carbocycles. The first-order valence-electron chi connectivity index (χ1n) is 9.20. The lowest BCUT2D eigenvalue weighted by Crippen LogP contribution is -2.30. The largest absolute Gasteiger partial charge is 0.396 e. The lowest BCUT2D eigenvalue weighted by Gasteiger charge is -2.28. The molecule has 3 nitrogen and oxygen atoms in total. The van der Waals surface area contributed by atoms with Gasteiger partial charge in [0.25, 0.3) is 0 Å². The molecule has 21 heavy (non-hydrogen) atoms. The first-order chi connectivity index (χ1) is 10.3. The molecule has 1 saturated heterocycles. The average Bonchev–Trinajstić information content (AvgIpc) is 2.53. The maximum Gasteiger partial charge on any atom is 0.0466 e. The Kier molecular flexibility index (Phi) is 16.2. The number of likely N-dealkylation sites (tertiary alicyclic amines) is 1. The summed E-state index contributed by atoms with van der Waals surface area (Å²) in [6.07, 6.45) is 11.2. The number of aliphatic hydroxyl groups is 1. The van der Waals surface area contributed by atoms with E-state index in [9.17, 15) is 0 Å². The summed E-state index contributed by atoms with van der Waals surface area (Å²) in [7, 11) is 2.23. The monoisotopic (exact) mass is 301 g/mol. The van der Waals surface area contributed by atoms with E-state index >= 15 is 0 Å². The Labute approximate surface area is 133 Å². The van der Waals surface area contributed by atoms with Crippen LogP contribution in [0.1, 0.15) is 71.6 Å². The second-order valence-corrected chi connectivity index (χ2v) is 5.99. The highest BCUT2D eigenvalue weighted by molar-refractivity contribution is 4.69. The Bertz CT molecular complexity index is 192. The molecule has 0 atom stereocenters. The van der Waals surface area contributed by atoms with E-state index in [1.807, 2.05) is 13.8 Å². The van der Waals surface area contributed by atoms with Crippen LogP contribution in [-0.4, -0.2) is 50.0 Å². The maximum atomic E-state index is 8.64. The fourth-order valence-electron chi connectivity index (χ4n) is 2.76. The van der Waals surface area contributed by atoms with E-state index in [4.69, 9.17) is 9.84 Å². The van der Waals surface area contributed by atoms with Gasteiger partial charge in [0.05, 0.1) is 0 Å². The number of nitrogens with zero attached hydrogens (tertiary/aromatic N) is 1. The average molecular weight is 302 g/mol. The van der Waals surface area contributed by atoms with Crippen LogP contribution in [-0.2, 0) is 4.74 Å². The van der Waals surface area contributed by atoms with Gasteiger partial charge >= 0.3 is 0 Å². The molecule has 0 aromatic heterocycles. The smallest absolute Gasteiger partial charge is 0.0466 e. The van der Waals surface area contributed by atoms with Crippen LogP contribution in [0.3, 0.4) is 0 Å². The molecular formula is C18H39NO2. The van der Waals surface area contributed by atoms with Crippen molar-refractivity contribution in [1.29, 1.82) is 0 Å². The third-order valence-corrected chi connectivity index (χ3v) is 4.19. The molecule has 1 rings (SSSR count). The van der Waals surface area contributed by atoms with Crippen molar-refractivity contribution in [3.63, 3.8) is 0 Å². The summed E-state index contributed by atoms with van der Waals surface area (Å²) in [5.74, 6) is 0.982. The third kappa shape index (κ3) is 13.3. The van der Waals surface area contributed by atoms with Gasteiger partial charge in [0.2, 0.25) is 0 Å². The van der Waals surface area contributed by atoms with E-state index in [1.165, 1.54) is 51.6 Å². The molecule has 1 heterocycles. The zero-order valence-electron chi connectivity index (χ0n) is 14.8. The SMILES string of the molecule is CC.CN1CCC(CCCCCOCCCCCO)CC1. The lowest BCUT2D eigenvalue weighted by atomic mass is 9.91. The number of aliphatic hydroxyl groups excluding tert-OH is 1. The number of rotatable bonds is 11. The second kappa shape index (κ2) is 16.3. The molecule has 3 heteroatoms. The minimum atomic E-state index is 0.316. The van der Waals surface area contributed by atoms with E-state index in [2.05, 4.69) is 11.9 Å². The van der Waals surface area contributed by atoms with Crippen LogP contribution in [0.4, 0.5) is 0 Å². The molecule has 0 aromatic rings. The molecule has 0 radical (unpaired) electrons. The molecule has 1 aliphatic heterocycles. The summed E-state index contributed by atoms with van der Waals surface area (Å²) < 4.78 is 5.60. The van der Waals surface area contributed by atoms with E-state index in [0.29, 0.717) is 6.61 Å². The normalized spacial score (nSPS) is 16.6. The zero-order chi connectivity index (χ0) is 15.8. The van der Waals surface area contributed by atoms with Crippen molar-refractivity contribution in [1.82, 2.24) is 4.90 Å². The van der Waals surface area contributed by atoms with E-state index < -0.39 is 0 Å². The lowest BCUT2D eigenvalue weighted by molar-refractivity contribution is 0.123. The van der Waals surface area contributed by atoms with Gasteiger partial charge in [-0.3, -0.25) is 0 Å². The first kappa shape index (κ1) is 20.9. The fourth-order valence-corrected chi connectivity index (χ4v) is 2.76. The molecule has 128 valence electrons. The van der Waals surface area contributed by atoms with Crippen LogP contribution >= 0.6 is 0 Å². The van der Waals surface area contributed by atoms with Crippen LogP contribution in [0.2, 0.25) is 0 Å². The van der Waals surface area contributed by atoms with Crippen molar-refractivity contribution in [2.75, 3.05) is 40.0 Å². The zero-order valence-corrected chi connectivity index (χ0v) is 14.8. The van der Waals surface area contributed by atoms with Gasteiger partial charge in [0.15, 0.2) is 0 Å². The number of unbranched alkanes of at least 4 members (excludes halogenated alkanes) is 4. The van der Waals surface area contributed by atoms with Crippen molar-refractivity contribution in [3.8, 4) is 0 Å². The highest BCUT2D eigenvalue weighted by Gasteiger charge is 2.15. The van der Waals surface area contributed by atoms with Crippen molar-refractivity contribution in [2.24, 2.45) is 5.92 Å². The number of piperidine rings is 1. The van der Waals surface area contributed by atoms with Gasteiger partial charge in [-0.2, -0.15) is 0 Å². The number of hydrogen-bond acceptors (Lipinski definition) is 3. The molecule has 1 N–H and O–H groups in total. The Balaban J connectivity index is 0.00000191. The second-order valence-electron chi connectivity index (χ2n) is 5.99. The molecule has 0 bridgehead atoms. The topological polar surface area (TPSA) is 32.7 Å². The van der Waals surface area contributed by atoms with Gasteiger partial charge in [-0.1, -0.05) is 33.1 Å². The molecule has 0 unspecified atom stereocenters. The molecule has 0 spiro atoms. The molecule has 0 amide bonds. The Hall–Kier alpha value is -0.120. The van der Waals surface area contributed by atoms with Crippen LogP contribution in [0.5, 0.6) is 0 Å². The van der Waals surface area contributed by atoms with Crippen molar-refractivity contribution in [2.45, 2.75) is 71.6 Å². The van der Waals surface area contributed by atoms with Gasteiger partial charge in [0, 0.05) is 19.8 Å². The van der Waals surface area contributed by atoms with Gasteiger partial charge in [-0.15, -0.1) is 0 Å². The predicted octanol–water partition coefficient (Wildman–Crippen LogP) is 4.09. The van der Waals surface area contributed by atoms with Crippen molar-refractivity contribution >= 4 is 0 Å². The number of ether oxygens (including phenoxy) is 1. The Morgan fingerprint density at radius 3 is 2.05 bits per heavy atom. The molecular weight excluding hydrogens is 262 g/mol. The Morgan fingerprint density at radius 2 is 1.48 bits per heavy atom. The van der Waals surface area contributed by atoms with Crippen LogP contribution in [0, 0.1) is 5.92 Å².